The first-order valence-corrected chi connectivity index (χ1v) is 7.39. The van der Waals surface area contributed by atoms with Crippen LogP contribution in [0.3, 0.4) is 0 Å². The van der Waals surface area contributed by atoms with Crippen molar-refractivity contribution < 1.29 is 9.50 Å². The van der Waals surface area contributed by atoms with Crippen LogP contribution in [0.4, 0.5) is 4.39 Å². The van der Waals surface area contributed by atoms with Gasteiger partial charge in [-0.1, -0.05) is 0 Å². The highest BCUT2D eigenvalue weighted by molar-refractivity contribution is 9.10. The van der Waals surface area contributed by atoms with E-state index in [0.29, 0.717) is 4.47 Å². The fourth-order valence-corrected chi connectivity index (χ4v) is 3.68. The van der Waals surface area contributed by atoms with E-state index >= 15 is 0 Å². The third kappa shape index (κ3) is 2.11. The molecule has 1 N–H and O–H groups in total. The Balaban J connectivity index is 2.04. The van der Waals surface area contributed by atoms with Gasteiger partial charge in [-0.05, 0) is 53.4 Å². The molecule has 1 aliphatic rings. The largest absolute Gasteiger partial charge is 0.387 e. The van der Waals surface area contributed by atoms with Gasteiger partial charge in [-0.3, -0.25) is 0 Å². The molecular formula is C13H11BrFNOS. The van der Waals surface area contributed by atoms with Crippen molar-refractivity contribution in [3.8, 4) is 10.6 Å². The highest BCUT2D eigenvalue weighted by Gasteiger charge is 2.23. The number of aliphatic hydroxyl groups is 1. The maximum Gasteiger partial charge on any atom is 0.137 e. The van der Waals surface area contributed by atoms with Gasteiger partial charge in [0.25, 0.3) is 0 Å². The molecular weight excluding hydrogens is 317 g/mol. The molecule has 0 spiro atoms. The zero-order valence-corrected chi connectivity index (χ0v) is 11.9. The quantitative estimate of drug-likeness (QED) is 0.856. The second-order valence-corrected chi connectivity index (χ2v) is 6.30. The van der Waals surface area contributed by atoms with Gasteiger partial charge >= 0.3 is 0 Å². The molecule has 18 heavy (non-hydrogen) atoms. The maximum absolute atomic E-state index is 13.2. The lowest BCUT2D eigenvalue weighted by Gasteiger charge is -2.14. The van der Waals surface area contributed by atoms with E-state index in [0.717, 1.165) is 40.4 Å². The monoisotopic (exact) mass is 327 g/mol. The number of halogens is 2. The number of rotatable bonds is 1. The van der Waals surface area contributed by atoms with Gasteiger partial charge in [-0.15, -0.1) is 11.3 Å². The van der Waals surface area contributed by atoms with Gasteiger partial charge in [0, 0.05) is 10.4 Å². The number of hydrogen-bond donors (Lipinski definition) is 1. The summed E-state index contributed by atoms with van der Waals surface area (Å²) in [7, 11) is 0. The lowest BCUT2D eigenvalue weighted by atomic mass is 10.0. The van der Waals surface area contributed by atoms with Crippen LogP contribution in [-0.4, -0.2) is 10.1 Å². The summed E-state index contributed by atoms with van der Waals surface area (Å²) >= 11 is 4.77. The summed E-state index contributed by atoms with van der Waals surface area (Å²) in [6.45, 7) is 0. The molecule has 2 nitrogen and oxygen atoms in total. The molecule has 0 bridgehead atoms. The van der Waals surface area contributed by atoms with Crippen LogP contribution in [0.1, 0.15) is 29.5 Å². The van der Waals surface area contributed by atoms with E-state index in [9.17, 15) is 9.50 Å². The predicted octanol–water partition coefficient (Wildman–Crippen LogP) is 4.08. The predicted molar refractivity (Wildman–Crippen MR) is 73.1 cm³/mol. The van der Waals surface area contributed by atoms with Crippen molar-refractivity contribution in [3.05, 3.63) is 39.1 Å². The number of benzene rings is 1. The number of aliphatic hydroxyl groups excluding tert-OH is 1. The molecule has 5 heteroatoms. The summed E-state index contributed by atoms with van der Waals surface area (Å²) < 4.78 is 13.6. The topological polar surface area (TPSA) is 33.1 Å². The second kappa shape index (κ2) is 4.72. The molecule has 1 aromatic heterocycles. The van der Waals surface area contributed by atoms with Crippen LogP contribution in [0.5, 0.6) is 0 Å². The van der Waals surface area contributed by atoms with Gasteiger partial charge in [0.2, 0.25) is 0 Å². The van der Waals surface area contributed by atoms with Gasteiger partial charge in [0.1, 0.15) is 10.8 Å². The third-order valence-electron chi connectivity index (χ3n) is 3.09. The van der Waals surface area contributed by atoms with Crippen LogP contribution in [0, 0.1) is 5.82 Å². The summed E-state index contributed by atoms with van der Waals surface area (Å²) in [4.78, 5) is 5.65. The molecule has 1 aliphatic carbocycles. The number of thiazole rings is 1. The highest BCUT2D eigenvalue weighted by Crippen LogP contribution is 2.37. The summed E-state index contributed by atoms with van der Waals surface area (Å²) in [5.41, 5.74) is 1.69. The standard InChI is InChI=1S/C13H11BrFNOS/c14-8-6-7(4-5-9(8)15)13-16-12-10(17)2-1-3-11(12)18-13/h4-6,10,17H,1-3H2. The molecule has 3 rings (SSSR count). The Morgan fingerprint density at radius 2 is 2.28 bits per heavy atom. The van der Waals surface area contributed by atoms with Crippen LogP contribution in [0.15, 0.2) is 22.7 Å². The molecule has 0 amide bonds. The molecule has 94 valence electrons. The zero-order chi connectivity index (χ0) is 12.7. The highest BCUT2D eigenvalue weighted by atomic mass is 79.9. The van der Waals surface area contributed by atoms with Gasteiger partial charge in [-0.25, -0.2) is 9.37 Å². The van der Waals surface area contributed by atoms with E-state index in [1.54, 1.807) is 23.5 Å². The molecule has 1 aromatic carbocycles. The minimum absolute atomic E-state index is 0.278. The summed E-state index contributed by atoms with van der Waals surface area (Å²) in [5, 5.41) is 10.7. The van der Waals surface area contributed by atoms with Crippen LogP contribution in [-0.2, 0) is 6.42 Å². The van der Waals surface area contributed by atoms with Crippen LogP contribution < -0.4 is 0 Å². The molecule has 0 radical (unpaired) electrons. The number of aromatic nitrogens is 1. The van der Waals surface area contributed by atoms with E-state index in [2.05, 4.69) is 20.9 Å². The van der Waals surface area contributed by atoms with Crippen molar-refractivity contribution in [1.29, 1.82) is 0 Å². The van der Waals surface area contributed by atoms with Crippen molar-refractivity contribution in [3.63, 3.8) is 0 Å². The van der Waals surface area contributed by atoms with E-state index in [1.165, 1.54) is 6.07 Å². The molecule has 1 unspecified atom stereocenters. The molecule has 1 heterocycles. The molecule has 2 aromatic rings. The van der Waals surface area contributed by atoms with Crippen LogP contribution in [0.25, 0.3) is 10.6 Å². The Bertz CT molecular complexity index is 599. The Hall–Kier alpha value is -0.780. The van der Waals surface area contributed by atoms with Crippen molar-refractivity contribution in [2.24, 2.45) is 0 Å². The smallest absolute Gasteiger partial charge is 0.137 e. The third-order valence-corrected chi connectivity index (χ3v) is 4.88. The van der Waals surface area contributed by atoms with E-state index < -0.39 is 6.10 Å². The van der Waals surface area contributed by atoms with Gasteiger partial charge in [0.15, 0.2) is 0 Å². The number of fused-ring (bicyclic) bond motifs is 1. The minimum Gasteiger partial charge on any atom is -0.387 e. The first-order valence-electron chi connectivity index (χ1n) is 5.78. The molecule has 0 fully saturated rings. The average molecular weight is 328 g/mol. The number of aryl methyl sites for hydroxylation is 1. The van der Waals surface area contributed by atoms with Crippen molar-refractivity contribution >= 4 is 27.3 Å². The summed E-state index contributed by atoms with van der Waals surface area (Å²) in [6.07, 6.45) is 2.32. The summed E-state index contributed by atoms with van der Waals surface area (Å²) in [5.74, 6) is -0.278. The van der Waals surface area contributed by atoms with Gasteiger partial charge in [-0.2, -0.15) is 0 Å². The van der Waals surface area contributed by atoms with Gasteiger partial charge in [0.05, 0.1) is 16.3 Å². The SMILES string of the molecule is OC1CCCc2sc(-c3ccc(F)c(Br)c3)nc21. The lowest BCUT2D eigenvalue weighted by Crippen LogP contribution is -2.07. The van der Waals surface area contributed by atoms with Gasteiger partial charge < -0.3 is 5.11 Å². The Kier molecular flexibility index (Phi) is 3.21. The molecule has 0 aliphatic heterocycles. The zero-order valence-electron chi connectivity index (χ0n) is 9.49. The normalized spacial score (nSPS) is 18.7. The average Bonchev–Trinajstić information content (AvgIpc) is 2.78. The van der Waals surface area contributed by atoms with E-state index in [4.69, 9.17) is 0 Å². The first-order chi connectivity index (χ1) is 8.65. The van der Waals surface area contributed by atoms with Crippen molar-refractivity contribution in [1.82, 2.24) is 4.98 Å². The fraction of sp³-hybridized carbons (Fsp3) is 0.308. The Labute approximate surface area is 117 Å². The molecule has 0 saturated heterocycles. The van der Waals surface area contributed by atoms with Crippen LogP contribution >= 0.6 is 27.3 Å². The molecule has 0 saturated carbocycles. The van der Waals surface area contributed by atoms with Crippen molar-refractivity contribution in [2.75, 3.05) is 0 Å². The number of hydrogen-bond acceptors (Lipinski definition) is 3. The van der Waals surface area contributed by atoms with E-state index in [1.807, 2.05) is 0 Å². The summed E-state index contributed by atoms with van der Waals surface area (Å²) in [6, 6.07) is 4.87. The minimum atomic E-state index is -0.442. The fourth-order valence-electron chi connectivity index (χ4n) is 2.15. The Morgan fingerprint density at radius 1 is 1.44 bits per heavy atom. The van der Waals surface area contributed by atoms with Crippen molar-refractivity contribution in [2.45, 2.75) is 25.4 Å². The lowest BCUT2D eigenvalue weighted by molar-refractivity contribution is 0.153. The maximum atomic E-state index is 13.2. The second-order valence-electron chi connectivity index (χ2n) is 4.36. The van der Waals surface area contributed by atoms with E-state index in [-0.39, 0.29) is 5.82 Å². The molecule has 1 atom stereocenters. The van der Waals surface area contributed by atoms with Crippen LogP contribution in [0.2, 0.25) is 0 Å². The first kappa shape index (κ1) is 12.3. The number of nitrogens with zero attached hydrogens (tertiary/aromatic N) is 1. The Morgan fingerprint density at radius 3 is 3.00 bits per heavy atom.